The lowest BCUT2D eigenvalue weighted by atomic mass is 9.87. The Morgan fingerprint density at radius 1 is 0.855 bits per heavy atom. The van der Waals surface area contributed by atoms with Crippen LogP contribution in [0.1, 0.15) is 103 Å². The van der Waals surface area contributed by atoms with Crippen molar-refractivity contribution in [1.82, 2.24) is 24.6 Å². The monoisotopic (exact) mass is 960 g/mol. The number of aromatic carboxylic acids is 1. The average Bonchev–Trinajstić information content (AvgIpc) is 4.03. The van der Waals surface area contributed by atoms with E-state index in [1.807, 2.05) is 49.4 Å². The molecule has 0 unspecified atom stereocenters. The molecule has 2 fully saturated rings. The van der Waals surface area contributed by atoms with Gasteiger partial charge in [0.25, 0.3) is 0 Å². The molecule has 0 amide bonds. The molecule has 2 saturated heterocycles. The van der Waals surface area contributed by atoms with Gasteiger partial charge >= 0.3 is 5.97 Å². The maximum absolute atomic E-state index is 16.6. The van der Waals surface area contributed by atoms with Crippen molar-refractivity contribution in [2.24, 2.45) is 10.9 Å². The van der Waals surface area contributed by atoms with Crippen LogP contribution in [0.25, 0.3) is 16.1 Å². The van der Waals surface area contributed by atoms with Crippen molar-refractivity contribution in [3.63, 3.8) is 0 Å². The Kier molecular flexibility index (Phi) is 12.3. The molecule has 0 saturated carbocycles. The zero-order valence-corrected chi connectivity index (χ0v) is 40.7. The molecule has 352 valence electrons. The van der Waals surface area contributed by atoms with Gasteiger partial charge < -0.3 is 19.3 Å². The van der Waals surface area contributed by atoms with Crippen molar-refractivity contribution < 1.29 is 18.7 Å². The molecule has 6 heterocycles. The molecule has 0 bridgehead atoms. The van der Waals surface area contributed by atoms with Gasteiger partial charge in [0.1, 0.15) is 28.9 Å². The Balaban J connectivity index is 0.742. The number of aryl methyl sites for hydroxylation is 3. The van der Waals surface area contributed by atoms with E-state index in [9.17, 15) is 9.90 Å². The highest BCUT2D eigenvalue weighted by Crippen LogP contribution is 2.44. The number of anilines is 2. The zero-order valence-electron chi connectivity index (χ0n) is 39.1. The highest BCUT2D eigenvalue weighted by Gasteiger charge is 2.33. The molecule has 4 aromatic carbocycles. The van der Waals surface area contributed by atoms with E-state index in [0.717, 1.165) is 132 Å². The molecular formula is C55H54ClFN8O3S. The number of rotatable bonds is 10. The number of hydrogen-bond acceptors (Lipinski definition) is 10. The van der Waals surface area contributed by atoms with Crippen molar-refractivity contribution in [1.29, 1.82) is 0 Å². The van der Waals surface area contributed by atoms with Crippen LogP contribution in [-0.2, 0) is 12.8 Å². The van der Waals surface area contributed by atoms with Gasteiger partial charge in [0.2, 0.25) is 0 Å². The molecular weight excluding hydrogens is 907 g/mol. The summed E-state index contributed by atoms with van der Waals surface area (Å²) < 4.78 is 24.5. The van der Waals surface area contributed by atoms with E-state index >= 15 is 4.39 Å². The van der Waals surface area contributed by atoms with E-state index in [4.69, 9.17) is 21.0 Å². The highest BCUT2D eigenvalue weighted by molar-refractivity contribution is 7.15. The molecule has 11 rings (SSSR count). The second-order valence-corrected chi connectivity index (χ2v) is 20.4. The predicted octanol–water partition coefficient (Wildman–Crippen LogP) is 11.2. The minimum absolute atomic E-state index is 0.236. The summed E-state index contributed by atoms with van der Waals surface area (Å²) >= 11 is 8.54. The Morgan fingerprint density at radius 3 is 2.35 bits per heavy atom. The Labute approximate surface area is 410 Å². The fourth-order valence-electron chi connectivity index (χ4n) is 10.9. The third kappa shape index (κ3) is 8.70. The third-order valence-corrected chi connectivity index (χ3v) is 16.2. The largest absolute Gasteiger partial charge is 0.478 e. The molecule has 3 aliphatic heterocycles. The number of carbonyl (C=O) groups is 1. The van der Waals surface area contributed by atoms with E-state index in [1.54, 1.807) is 42.0 Å². The van der Waals surface area contributed by atoms with Gasteiger partial charge in [-0.3, -0.25) is 14.5 Å². The third-order valence-electron chi connectivity index (χ3n) is 14.7. The smallest absolute Gasteiger partial charge is 0.335 e. The summed E-state index contributed by atoms with van der Waals surface area (Å²) in [6.45, 7) is 13.0. The lowest BCUT2D eigenvalue weighted by Crippen LogP contribution is -2.49. The number of halogens is 2. The number of hydrogen-bond donors (Lipinski definition) is 1. The van der Waals surface area contributed by atoms with Gasteiger partial charge in [-0.15, -0.1) is 21.5 Å². The van der Waals surface area contributed by atoms with Crippen LogP contribution in [0.5, 0.6) is 0 Å². The predicted molar refractivity (Wildman–Crippen MR) is 272 cm³/mol. The first kappa shape index (κ1) is 45.1. The van der Waals surface area contributed by atoms with Crippen molar-refractivity contribution in [2.75, 3.05) is 55.6 Å². The average molecular weight is 962 g/mol. The first-order valence-electron chi connectivity index (χ1n) is 24.0. The summed E-state index contributed by atoms with van der Waals surface area (Å²) in [5.41, 5.74) is 11.7. The number of piperazine rings is 1. The van der Waals surface area contributed by atoms with Crippen LogP contribution in [0.2, 0.25) is 5.02 Å². The van der Waals surface area contributed by atoms with Crippen LogP contribution in [0.15, 0.2) is 107 Å². The number of carboxylic acid groups (broad SMARTS) is 1. The minimum atomic E-state index is -0.971. The minimum Gasteiger partial charge on any atom is -0.478 e. The van der Waals surface area contributed by atoms with Crippen LogP contribution in [0.4, 0.5) is 15.8 Å². The number of benzene rings is 4. The first-order chi connectivity index (χ1) is 33.6. The number of aliphatic imine (C=N–C) groups is 1. The van der Waals surface area contributed by atoms with Gasteiger partial charge in [0, 0.05) is 83.8 Å². The summed E-state index contributed by atoms with van der Waals surface area (Å²) in [4.78, 5) is 30.4. The van der Waals surface area contributed by atoms with Gasteiger partial charge in [0.15, 0.2) is 11.7 Å². The molecule has 7 aromatic rings. The van der Waals surface area contributed by atoms with E-state index in [2.05, 4.69) is 72.6 Å². The van der Waals surface area contributed by atoms with Crippen molar-refractivity contribution in [3.05, 3.63) is 175 Å². The SMILES string of the molecule is Cc1sc2c(c1C)C(c1ccc(N3CCC(CN4CCN(c5ccc(C6=C(c7ccccc7Cl)CCCc7cc(C(=O)O)ccc76)c(F)c5)CC4)CC3)cc1)=N[C@@H](Cc1ncco1)c1nnc(C)n1-2. The molecule has 0 radical (unpaired) electrons. The molecule has 4 aliphatic rings. The number of piperidine rings is 1. The molecule has 0 spiro atoms. The molecule has 1 N–H and O–H groups in total. The second-order valence-electron chi connectivity index (χ2n) is 18.8. The molecule has 11 nitrogen and oxygen atoms in total. The Bertz CT molecular complexity index is 3120. The fraction of sp³-hybridized carbons (Fsp3) is 0.327. The van der Waals surface area contributed by atoms with Gasteiger partial charge in [-0.2, -0.15) is 0 Å². The summed E-state index contributed by atoms with van der Waals surface area (Å²) in [7, 11) is 0. The van der Waals surface area contributed by atoms with E-state index in [0.29, 0.717) is 41.7 Å². The topological polar surface area (TPSA) is 116 Å². The molecule has 69 heavy (non-hydrogen) atoms. The quantitative estimate of drug-likeness (QED) is 0.143. The van der Waals surface area contributed by atoms with Crippen LogP contribution in [-0.4, -0.2) is 87.2 Å². The molecule has 1 aliphatic carbocycles. The highest BCUT2D eigenvalue weighted by atomic mass is 35.5. The summed E-state index contributed by atoms with van der Waals surface area (Å²) in [6.07, 6.45) is 8.21. The number of carboxylic acids is 1. The van der Waals surface area contributed by atoms with Gasteiger partial charge in [-0.1, -0.05) is 48.0 Å². The lowest BCUT2D eigenvalue weighted by Gasteiger charge is -2.40. The number of nitrogens with zero attached hydrogens (tertiary/aromatic N) is 8. The summed E-state index contributed by atoms with van der Waals surface area (Å²) in [5.74, 6) is 1.61. The normalized spacial score (nSPS) is 17.8. The van der Waals surface area contributed by atoms with E-state index < -0.39 is 5.97 Å². The maximum atomic E-state index is 16.6. The van der Waals surface area contributed by atoms with Crippen LogP contribution in [0, 0.1) is 32.5 Å². The van der Waals surface area contributed by atoms with E-state index in [-0.39, 0.29) is 17.4 Å². The second kappa shape index (κ2) is 18.8. The number of fused-ring (bicyclic) bond motifs is 4. The lowest BCUT2D eigenvalue weighted by molar-refractivity contribution is 0.0696. The molecule has 3 aromatic heterocycles. The first-order valence-corrected chi connectivity index (χ1v) is 25.2. The Hall–Kier alpha value is -6.41. The fourth-order valence-corrected chi connectivity index (χ4v) is 12.4. The standard InChI is InChI=1S/C55H54ClFN8O3S/c1-33-34(2)69-54-50(33)52(59-48(31-49-58-21-28-68-49)53-61-60-35(3)65(53)54)37-11-14-40(15-12-37)63-22-19-36(20-23-63)32-62-24-26-64(27-25-62)41-16-18-45(47(57)30-41)51-42-17-13-39(55(66)67)29-38(42)7-6-9-44(51)43-8-4-5-10-46(43)56/h4-5,8,10-18,21,28-30,36,48H,6-7,9,19-20,22-27,31-32H2,1-3H3,(H,66,67)/t48-/m0/s1. The van der Waals surface area contributed by atoms with Gasteiger partial charge in [-0.05, 0) is 141 Å². The Morgan fingerprint density at radius 2 is 1.61 bits per heavy atom. The zero-order chi connectivity index (χ0) is 47.3. The van der Waals surface area contributed by atoms with Crippen LogP contribution >= 0.6 is 22.9 Å². The summed E-state index contributed by atoms with van der Waals surface area (Å²) in [5, 5.41) is 20.6. The number of oxazole rings is 1. The van der Waals surface area contributed by atoms with Gasteiger partial charge in [-0.25, -0.2) is 14.2 Å². The van der Waals surface area contributed by atoms with Gasteiger partial charge in [0.05, 0.1) is 23.9 Å². The number of thiophene rings is 1. The number of allylic oxidation sites excluding steroid dienone is 1. The van der Waals surface area contributed by atoms with Crippen molar-refractivity contribution >= 4 is 57.1 Å². The maximum Gasteiger partial charge on any atom is 0.335 e. The molecule has 1 atom stereocenters. The van der Waals surface area contributed by atoms with Crippen LogP contribution in [0.3, 0.4) is 0 Å². The number of aromatic nitrogens is 4. The van der Waals surface area contributed by atoms with Crippen molar-refractivity contribution in [3.8, 4) is 5.00 Å². The van der Waals surface area contributed by atoms with E-state index in [1.165, 1.54) is 16.1 Å². The summed E-state index contributed by atoms with van der Waals surface area (Å²) in [6, 6.07) is 27.2. The van der Waals surface area contributed by atoms with Crippen molar-refractivity contribution in [2.45, 2.75) is 65.3 Å². The molecule has 14 heteroatoms. The van der Waals surface area contributed by atoms with Crippen LogP contribution < -0.4 is 9.80 Å².